The zero-order valence-corrected chi connectivity index (χ0v) is 21.2. The number of ether oxygens (including phenoxy) is 1. The normalized spacial score (nSPS) is 15.2. The lowest BCUT2D eigenvalue weighted by Gasteiger charge is -2.39. The van der Waals surface area contributed by atoms with Gasteiger partial charge < -0.3 is 4.74 Å². The maximum Gasteiger partial charge on any atom is 0.119 e. The zero-order chi connectivity index (χ0) is 25.0. The van der Waals surface area contributed by atoms with Gasteiger partial charge in [-0.05, 0) is 47.5 Å². The van der Waals surface area contributed by atoms with E-state index in [-0.39, 0.29) is 6.04 Å². The first-order valence-corrected chi connectivity index (χ1v) is 12.7. The van der Waals surface area contributed by atoms with Crippen LogP contribution in [0.3, 0.4) is 0 Å². The van der Waals surface area contributed by atoms with Gasteiger partial charge in [-0.2, -0.15) is 11.4 Å². The molecule has 1 fully saturated rings. The Bertz CT molecular complexity index is 1110. The molecule has 3 aromatic carbocycles. The molecule has 36 heavy (non-hydrogen) atoms. The number of benzene rings is 3. The molecule has 0 aliphatic carbocycles. The molecule has 0 amide bonds. The van der Waals surface area contributed by atoms with E-state index in [1.54, 1.807) is 0 Å². The maximum absolute atomic E-state index is 6.16. The highest BCUT2D eigenvalue weighted by Crippen LogP contribution is 2.30. The van der Waals surface area contributed by atoms with Crippen LogP contribution >= 0.6 is 11.6 Å². The first-order chi connectivity index (χ1) is 17.7. The standard InChI is InChI=1S/C29H33ClN4O2/c30-27-13-11-26(12-14-27)29(25-7-2-1-3-8-25)34-20-18-33(19-21-34)22-23-35-28-15-9-24(10-16-28)6-4-5-17-32-36-31/h1-3,7-16,29,32H,5,17-23,31H2/t29-/m1/s1. The zero-order valence-electron chi connectivity index (χ0n) is 20.4. The van der Waals surface area contributed by atoms with Gasteiger partial charge in [0, 0.05) is 56.3 Å². The summed E-state index contributed by atoms with van der Waals surface area (Å²) in [5.41, 5.74) is 6.11. The summed E-state index contributed by atoms with van der Waals surface area (Å²) in [7, 11) is 0. The smallest absolute Gasteiger partial charge is 0.119 e. The van der Waals surface area contributed by atoms with Gasteiger partial charge >= 0.3 is 0 Å². The molecule has 3 N–H and O–H groups in total. The van der Waals surface area contributed by atoms with Crippen LogP contribution in [0.1, 0.15) is 29.2 Å². The Labute approximate surface area is 218 Å². The van der Waals surface area contributed by atoms with Crippen molar-refractivity contribution in [2.75, 3.05) is 45.9 Å². The van der Waals surface area contributed by atoms with E-state index in [9.17, 15) is 0 Å². The Kier molecular flexibility index (Phi) is 10.2. The van der Waals surface area contributed by atoms with Crippen molar-refractivity contribution in [3.63, 3.8) is 0 Å². The molecular formula is C29H33ClN4O2. The van der Waals surface area contributed by atoms with Crippen LogP contribution in [0.2, 0.25) is 5.02 Å². The topological polar surface area (TPSA) is 63.0 Å². The number of nitrogens with one attached hydrogen (secondary N) is 1. The molecule has 1 aliphatic rings. The Morgan fingerprint density at radius 3 is 2.28 bits per heavy atom. The van der Waals surface area contributed by atoms with Crippen molar-refractivity contribution in [1.82, 2.24) is 15.3 Å². The van der Waals surface area contributed by atoms with E-state index in [0.717, 1.165) is 49.1 Å². The van der Waals surface area contributed by atoms with E-state index < -0.39 is 0 Å². The molecule has 6 nitrogen and oxygen atoms in total. The van der Waals surface area contributed by atoms with Crippen molar-refractivity contribution in [3.8, 4) is 17.6 Å². The van der Waals surface area contributed by atoms with Crippen molar-refractivity contribution < 1.29 is 9.68 Å². The molecular weight excluding hydrogens is 472 g/mol. The molecule has 188 valence electrons. The van der Waals surface area contributed by atoms with Crippen molar-refractivity contribution in [3.05, 3.63) is 101 Å². The Hall–Kier alpha value is -2.89. The summed E-state index contributed by atoms with van der Waals surface area (Å²) >= 11 is 6.16. The third-order valence-corrected chi connectivity index (χ3v) is 6.52. The van der Waals surface area contributed by atoms with Gasteiger partial charge in [-0.25, -0.2) is 4.94 Å². The van der Waals surface area contributed by atoms with E-state index in [2.05, 4.69) is 74.5 Å². The van der Waals surface area contributed by atoms with Crippen LogP contribution in [-0.2, 0) is 4.94 Å². The molecule has 0 radical (unpaired) electrons. The van der Waals surface area contributed by atoms with Crippen molar-refractivity contribution in [2.24, 2.45) is 5.90 Å². The molecule has 4 rings (SSSR count). The molecule has 1 saturated heterocycles. The molecule has 0 unspecified atom stereocenters. The Morgan fingerprint density at radius 2 is 1.58 bits per heavy atom. The van der Waals surface area contributed by atoms with E-state index in [4.69, 9.17) is 22.2 Å². The Morgan fingerprint density at radius 1 is 0.889 bits per heavy atom. The van der Waals surface area contributed by atoms with Crippen molar-refractivity contribution >= 4 is 11.6 Å². The van der Waals surface area contributed by atoms with Crippen LogP contribution in [-0.4, -0.2) is 55.7 Å². The van der Waals surface area contributed by atoms with Gasteiger partial charge in [-0.1, -0.05) is 65.9 Å². The summed E-state index contributed by atoms with van der Waals surface area (Å²) < 4.78 is 5.99. The highest BCUT2D eigenvalue weighted by Gasteiger charge is 2.26. The van der Waals surface area contributed by atoms with Crippen LogP contribution in [0, 0.1) is 11.8 Å². The summed E-state index contributed by atoms with van der Waals surface area (Å²) in [6.45, 7) is 6.19. The monoisotopic (exact) mass is 504 g/mol. The molecule has 7 heteroatoms. The van der Waals surface area contributed by atoms with Gasteiger partial charge in [-0.3, -0.25) is 9.80 Å². The molecule has 1 heterocycles. The SMILES string of the molecule is NONCCC#Cc1ccc(OCCN2CCN([C@H](c3ccccc3)c3ccc(Cl)cc3)CC2)cc1. The fraction of sp³-hybridized carbons (Fsp3) is 0.310. The molecule has 0 aromatic heterocycles. The summed E-state index contributed by atoms with van der Waals surface area (Å²) in [5, 5.41) is 0.768. The molecule has 0 saturated carbocycles. The number of nitrogens with zero attached hydrogens (tertiary/aromatic N) is 2. The summed E-state index contributed by atoms with van der Waals surface area (Å²) in [6, 6.07) is 27.1. The second kappa shape index (κ2) is 14.0. The lowest BCUT2D eigenvalue weighted by molar-refractivity contribution is 0.0425. The van der Waals surface area contributed by atoms with Gasteiger partial charge in [0.1, 0.15) is 12.4 Å². The maximum atomic E-state index is 6.16. The summed E-state index contributed by atoms with van der Waals surface area (Å²) in [5.74, 6) is 12.0. The van der Waals surface area contributed by atoms with E-state index in [1.165, 1.54) is 11.1 Å². The third-order valence-electron chi connectivity index (χ3n) is 6.27. The number of hydroxylamine groups is 1. The van der Waals surface area contributed by atoms with Crippen LogP contribution in [0.5, 0.6) is 5.75 Å². The van der Waals surface area contributed by atoms with Gasteiger partial charge in [0.15, 0.2) is 0 Å². The van der Waals surface area contributed by atoms with Crippen LogP contribution in [0.25, 0.3) is 0 Å². The first-order valence-electron chi connectivity index (χ1n) is 12.3. The average molecular weight is 505 g/mol. The Balaban J connectivity index is 1.25. The minimum Gasteiger partial charge on any atom is -0.492 e. The fourth-order valence-corrected chi connectivity index (χ4v) is 4.53. The molecule has 0 bridgehead atoms. The predicted molar refractivity (Wildman–Crippen MR) is 144 cm³/mol. The minimum absolute atomic E-state index is 0.230. The number of rotatable bonds is 10. The minimum atomic E-state index is 0.230. The van der Waals surface area contributed by atoms with E-state index in [0.29, 0.717) is 19.6 Å². The summed E-state index contributed by atoms with van der Waals surface area (Å²) in [4.78, 5) is 9.34. The van der Waals surface area contributed by atoms with Crippen LogP contribution in [0.15, 0.2) is 78.9 Å². The third kappa shape index (κ3) is 7.81. The highest BCUT2D eigenvalue weighted by molar-refractivity contribution is 6.30. The van der Waals surface area contributed by atoms with Crippen LogP contribution in [0.4, 0.5) is 0 Å². The number of hydrogen-bond donors (Lipinski definition) is 2. The second-order valence-electron chi connectivity index (χ2n) is 8.68. The largest absolute Gasteiger partial charge is 0.492 e. The lowest BCUT2D eigenvalue weighted by Crippen LogP contribution is -2.48. The quantitative estimate of drug-likeness (QED) is 0.244. The first kappa shape index (κ1) is 26.2. The van der Waals surface area contributed by atoms with Crippen LogP contribution < -0.4 is 16.1 Å². The summed E-state index contributed by atoms with van der Waals surface area (Å²) in [6.07, 6.45) is 0.661. The van der Waals surface area contributed by atoms with E-state index >= 15 is 0 Å². The molecule has 1 atom stereocenters. The molecule has 0 spiro atoms. The number of halogens is 1. The number of nitrogens with two attached hydrogens (primary N) is 1. The van der Waals surface area contributed by atoms with Gasteiger partial charge in [0.25, 0.3) is 0 Å². The lowest BCUT2D eigenvalue weighted by atomic mass is 9.96. The van der Waals surface area contributed by atoms with Gasteiger partial charge in [-0.15, -0.1) is 0 Å². The van der Waals surface area contributed by atoms with Gasteiger partial charge in [0.05, 0.1) is 6.04 Å². The number of piperazine rings is 1. The molecule has 3 aromatic rings. The van der Waals surface area contributed by atoms with Gasteiger partial charge in [0.2, 0.25) is 0 Å². The van der Waals surface area contributed by atoms with Crippen molar-refractivity contribution in [2.45, 2.75) is 12.5 Å². The second-order valence-corrected chi connectivity index (χ2v) is 9.12. The number of hydrogen-bond acceptors (Lipinski definition) is 6. The fourth-order valence-electron chi connectivity index (χ4n) is 4.40. The highest BCUT2D eigenvalue weighted by atomic mass is 35.5. The van der Waals surface area contributed by atoms with Crippen molar-refractivity contribution in [1.29, 1.82) is 0 Å². The van der Waals surface area contributed by atoms with E-state index in [1.807, 2.05) is 36.4 Å². The predicted octanol–water partition coefficient (Wildman–Crippen LogP) is 4.26. The average Bonchev–Trinajstić information content (AvgIpc) is 2.92. The molecule has 1 aliphatic heterocycles.